The van der Waals surface area contributed by atoms with E-state index in [1.54, 1.807) is 0 Å². The summed E-state index contributed by atoms with van der Waals surface area (Å²) in [4.78, 5) is 0. The molecule has 0 aromatic rings. The molecule has 51 valence electrons. The fourth-order valence-corrected chi connectivity index (χ4v) is 0. The van der Waals surface area contributed by atoms with Gasteiger partial charge in [0.25, 0.3) is 0 Å². The summed E-state index contributed by atoms with van der Waals surface area (Å²) >= 11 is -5.12. The van der Waals surface area contributed by atoms with Gasteiger partial charge in [0.1, 0.15) is 0 Å². The molecule has 0 heterocycles. The van der Waals surface area contributed by atoms with Gasteiger partial charge in [0, 0.05) is 0 Å². The van der Waals surface area contributed by atoms with Crippen molar-refractivity contribution >= 4 is 11.0 Å². The zero-order valence-electron chi connectivity index (χ0n) is 4.09. The Bertz CT molecular complexity index is 104. The zero-order chi connectivity index (χ0) is 4.50. The molecule has 0 bridgehead atoms. The maximum Gasteiger partial charge on any atom is -0.0149 e. The van der Waals surface area contributed by atoms with E-state index in [0.717, 1.165) is 0 Å². The summed E-state index contributed by atoms with van der Waals surface area (Å²) in [7, 11) is 0. The first-order valence-corrected chi connectivity index (χ1v) is 2.67. The van der Waals surface area contributed by atoms with Gasteiger partial charge < -0.3 is 1.43 Å². The van der Waals surface area contributed by atoms with Crippen molar-refractivity contribution in [3.05, 3.63) is 0 Å². The van der Waals surface area contributed by atoms with Crippen molar-refractivity contribution in [2.24, 2.45) is 0 Å². The minimum atomic E-state index is -5.12. The second-order valence-electron chi connectivity index (χ2n) is 0.415. The molecule has 0 atom stereocenters. The van der Waals surface area contributed by atoms with E-state index in [-0.39, 0.29) is 38.7 Å². The molecule has 8 heavy (non-hydrogen) atoms. The van der Waals surface area contributed by atoms with Crippen molar-refractivity contribution in [2.45, 2.75) is 7.43 Å². The van der Waals surface area contributed by atoms with Gasteiger partial charge in [0.2, 0.25) is 0 Å². The summed E-state index contributed by atoms with van der Waals surface area (Å²) in [6.07, 6.45) is 0. The standard InChI is InChI=1S/CH4.Li.Mn.2H2O.2O.H4Si.H/h1H4;;;2*1H2;;;1H4;/q;+1;+2;;;;;;-1/p-2. The molecule has 0 aliphatic heterocycles. The fourth-order valence-electron chi connectivity index (χ4n) is 0. The Labute approximate surface area is 68.3 Å². The van der Waals surface area contributed by atoms with Crippen LogP contribution in [-0.2, 0) is 21.0 Å². The Morgan fingerprint density at radius 1 is 1.25 bits per heavy atom. The molecule has 0 amide bonds. The van der Waals surface area contributed by atoms with E-state index in [1.807, 2.05) is 0 Å². The summed E-state index contributed by atoms with van der Waals surface area (Å²) in [5.74, 6) is 0. The average molecular weight is 177 g/mol. The van der Waals surface area contributed by atoms with Crippen molar-refractivity contribution in [2.75, 3.05) is 0 Å². The second-order valence-corrected chi connectivity index (χ2v) is 1.71. The zero-order valence-corrected chi connectivity index (χ0v) is 4.27. The van der Waals surface area contributed by atoms with E-state index >= 15 is 0 Å². The maximum absolute atomic E-state index is 8.80. The molecule has 0 rings (SSSR count). The molecule has 0 fully saturated rings. The Balaban J connectivity index is -0.0000000133. The molecule has 0 saturated carbocycles. The topological polar surface area (TPSA) is 74.6 Å². The number of hydrogen-bond donors (Lipinski definition) is 2. The molecular formula is CH11LiMnO4Si. The molecule has 0 saturated heterocycles. The fraction of sp³-hybridized carbons (Fsp3) is 1.00. The van der Waals surface area contributed by atoms with Crippen molar-refractivity contribution in [3.8, 4) is 0 Å². The molecule has 0 spiro atoms. The molecule has 0 aliphatic rings. The molecular weight excluding hydrogens is 166 g/mol. The quantitative estimate of drug-likeness (QED) is 0.363. The third-order valence-corrected chi connectivity index (χ3v) is 0. The molecule has 0 aromatic heterocycles. The van der Waals surface area contributed by atoms with Gasteiger partial charge in [-0.25, -0.2) is 0 Å². The minimum absolute atomic E-state index is 0. The van der Waals surface area contributed by atoms with Crippen molar-refractivity contribution in [1.82, 2.24) is 0 Å². The van der Waals surface area contributed by atoms with Gasteiger partial charge in [-0.3, -0.25) is 0 Å². The van der Waals surface area contributed by atoms with E-state index in [1.165, 1.54) is 0 Å². The third kappa shape index (κ3) is 322. The Kier molecular flexibility index (Phi) is 22.8. The Morgan fingerprint density at radius 2 is 1.25 bits per heavy atom. The van der Waals surface area contributed by atoms with Gasteiger partial charge in [-0.2, -0.15) is 0 Å². The van der Waals surface area contributed by atoms with Gasteiger partial charge in [-0.05, 0) is 11.0 Å². The largest absolute Gasteiger partial charge is 0.0149 e. The van der Waals surface area contributed by atoms with Gasteiger partial charge in [0.05, 0.1) is 0 Å². The smallest absolute Gasteiger partial charge is 0.0149 e. The first-order valence-electron chi connectivity index (χ1n) is 0.647. The predicted octanol–water partition coefficient (Wildman–Crippen LogP) is -5.05. The monoisotopic (exact) mass is 177 g/mol. The molecule has 0 radical (unpaired) electrons. The van der Waals surface area contributed by atoms with Crippen molar-refractivity contribution < 1.29 is 49.7 Å². The van der Waals surface area contributed by atoms with Crippen LogP contribution in [0.15, 0.2) is 0 Å². The molecule has 0 aliphatic carbocycles. The predicted molar refractivity (Wildman–Crippen MR) is 25.0 cm³/mol. The SMILES string of the molecule is C.[H-].[Li+].[O]=[Mn](=[O])([OH])[OH].[SiH4]. The number of hydrogen-bond acceptors (Lipinski definition) is 2. The van der Waals surface area contributed by atoms with Crippen LogP contribution in [0.4, 0.5) is 0 Å². The maximum atomic E-state index is 8.80. The van der Waals surface area contributed by atoms with E-state index in [2.05, 4.69) is 0 Å². The molecule has 0 unspecified atom stereocenters. The second kappa shape index (κ2) is 7.85. The van der Waals surface area contributed by atoms with Crippen molar-refractivity contribution in [3.63, 3.8) is 0 Å². The van der Waals surface area contributed by atoms with E-state index in [9.17, 15) is 0 Å². The Hall–Kier alpha value is 0.854. The summed E-state index contributed by atoms with van der Waals surface area (Å²) in [6, 6.07) is 0. The van der Waals surface area contributed by atoms with Crippen LogP contribution in [0, 0.1) is 0 Å². The third-order valence-electron chi connectivity index (χ3n) is 0. The minimum Gasteiger partial charge on any atom is -0.0149 e. The van der Waals surface area contributed by atoms with Gasteiger partial charge in [0.15, 0.2) is 0 Å². The summed E-state index contributed by atoms with van der Waals surface area (Å²) in [5.41, 5.74) is 0. The molecule has 0 aromatic carbocycles. The van der Waals surface area contributed by atoms with Gasteiger partial charge in [-0.1, -0.05) is 7.43 Å². The van der Waals surface area contributed by atoms with Crippen LogP contribution in [0.3, 0.4) is 0 Å². The van der Waals surface area contributed by atoms with Crippen LogP contribution < -0.4 is 18.9 Å². The first-order chi connectivity index (χ1) is 2.00. The van der Waals surface area contributed by atoms with Crippen LogP contribution >= 0.6 is 0 Å². The first kappa shape index (κ1) is 23.2. The molecule has 7 heteroatoms. The van der Waals surface area contributed by atoms with Crippen LogP contribution in [0.1, 0.15) is 8.85 Å². The molecule has 2 N–H and O–H groups in total. The van der Waals surface area contributed by atoms with E-state index in [4.69, 9.17) is 16.0 Å². The Morgan fingerprint density at radius 3 is 1.25 bits per heavy atom. The molecule has 4 nitrogen and oxygen atoms in total. The van der Waals surface area contributed by atoms with Gasteiger partial charge >= 0.3 is 48.3 Å². The van der Waals surface area contributed by atoms with Crippen LogP contribution in [-0.4, -0.2) is 19.3 Å². The summed E-state index contributed by atoms with van der Waals surface area (Å²) in [6.45, 7) is 0. The van der Waals surface area contributed by atoms with E-state index < -0.39 is 13.4 Å². The number of rotatable bonds is 0. The van der Waals surface area contributed by atoms with E-state index in [0.29, 0.717) is 0 Å². The summed E-state index contributed by atoms with van der Waals surface area (Å²) < 4.78 is 31.8. The van der Waals surface area contributed by atoms with Crippen LogP contribution in [0.25, 0.3) is 0 Å². The normalized spacial score (nSPS) is 7.25. The van der Waals surface area contributed by atoms with Crippen molar-refractivity contribution in [1.29, 1.82) is 0 Å². The average Bonchev–Trinajstić information content (AvgIpc) is 0.722. The van der Waals surface area contributed by atoms with Crippen LogP contribution in [0.2, 0.25) is 0 Å². The summed E-state index contributed by atoms with van der Waals surface area (Å²) in [5, 5.41) is 0. The van der Waals surface area contributed by atoms with Crippen LogP contribution in [0.5, 0.6) is 0 Å². The van der Waals surface area contributed by atoms with Gasteiger partial charge in [-0.15, -0.1) is 0 Å².